The molecule has 3 rings (SSSR count). The molecule has 1 saturated heterocycles. The zero-order valence-corrected chi connectivity index (χ0v) is 14.8. The molecular formula is C20H28N2O2. The summed E-state index contributed by atoms with van der Waals surface area (Å²) < 4.78 is 0. The number of nitrogens with one attached hydrogen (secondary N) is 1. The maximum atomic E-state index is 12.7. The summed E-state index contributed by atoms with van der Waals surface area (Å²) in [6.07, 6.45) is 5.15. The van der Waals surface area contributed by atoms with Gasteiger partial charge >= 0.3 is 0 Å². The first-order valence-electron chi connectivity index (χ1n) is 9.24. The van der Waals surface area contributed by atoms with E-state index >= 15 is 0 Å². The van der Waals surface area contributed by atoms with Gasteiger partial charge in [-0.05, 0) is 44.6 Å². The zero-order chi connectivity index (χ0) is 17.1. The number of benzene rings is 1. The minimum absolute atomic E-state index is 0.0277. The Morgan fingerprint density at radius 2 is 2.08 bits per heavy atom. The third kappa shape index (κ3) is 3.80. The molecule has 4 nitrogen and oxygen atoms in total. The van der Waals surface area contributed by atoms with Crippen LogP contribution in [-0.2, 0) is 16.1 Å². The monoisotopic (exact) mass is 328 g/mol. The topological polar surface area (TPSA) is 49.4 Å². The number of nitrogens with zero attached hydrogens (tertiary/aromatic N) is 1. The van der Waals surface area contributed by atoms with Crippen LogP contribution < -0.4 is 5.32 Å². The van der Waals surface area contributed by atoms with E-state index in [1.54, 1.807) is 0 Å². The summed E-state index contributed by atoms with van der Waals surface area (Å²) in [6.45, 7) is 5.60. The third-order valence-corrected chi connectivity index (χ3v) is 5.38. The van der Waals surface area contributed by atoms with Gasteiger partial charge < -0.3 is 10.2 Å². The van der Waals surface area contributed by atoms with Gasteiger partial charge in [-0.1, -0.05) is 36.8 Å². The maximum Gasteiger partial charge on any atom is 0.226 e. The minimum Gasteiger partial charge on any atom is -0.352 e. The summed E-state index contributed by atoms with van der Waals surface area (Å²) in [5, 5.41) is 2.99. The van der Waals surface area contributed by atoms with Crippen molar-refractivity contribution in [1.29, 1.82) is 0 Å². The van der Waals surface area contributed by atoms with E-state index in [9.17, 15) is 9.59 Å². The lowest BCUT2D eigenvalue weighted by Gasteiger charge is -2.35. The molecular weight excluding hydrogens is 300 g/mol. The summed E-state index contributed by atoms with van der Waals surface area (Å²) in [6, 6.07) is 8.52. The van der Waals surface area contributed by atoms with Gasteiger partial charge in [0.1, 0.15) is 0 Å². The quantitative estimate of drug-likeness (QED) is 0.903. The minimum atomic E-state index is -0.123. The molecule has 0 spiro atoms. The first-order chi connectivity index (χ1) is 11.6. The van der Waals surface area contributed by atoms with E-state index in [-0.39, 0.29) is 23.7 Å². The Morgan fingerprint density at radius 3 is 2.83 bits per heavy atom. The van der Waals surface area contributed by atoms with Crippen LogP contribution in [0.3, 0.4) is 0 Å². The van der Waals surface area contributed by atoms with Crippen LogP contribution in [-0.4, -0.2) is 29.3 Å². The second-order valence-electron chi connectivity index (χ2n) is 7.25. The van der Waals surface area contributed by atoms with E-state index in [4.69, 9.17) is 0 Å². The van der Waals surface area contributed by atoms with E-state index < -0.39 is 0 Å². The SMILES string of the molecule is CCC1CCCCN1C(=O)C1CC1C(=O)NCc1cccc(C)c1. The Morgan fingerprint density at radius 1 is 1.25 bits per heavy atom. The van der Waals surface area contributed by atoms with Crippen LogP contribution in [0.5, 0.6) is 0 Å². The van der Waals surface area contributed by atoms with Crippen molar-refractivity contribution >= 4 is 11.8 Å². The second kappa shape index (κ2) is 7.37. The Balaban J connectivity index is 1.50. The molecule has 0 bridgehead atoms. The van der Waals surface area contributed by atoms with Crippen molar-refractivity contribution in [2.45, 2.75) is 58.5 Å². The van der Waals surface area contributed by atoms with E-state index in [1.165, 1.54) is 12.0 Å². The summed E-state index contributed by atoms with van der Waals surface area (Å²) in [5.41, 5.74) is 2.30. The zero-order valence-electron chi connectivity index (χ0n) is 14.8. The van der Waals surface area contributed by atoms with Crippen LogP contribution in [0.25, 0.3) is 0 Å². The molecule has 1 heterocycles. The van der Waals surface area contributed by atoms with Crippen LogP contribution in [0.1, 0.15) is 50.2 Å². The first-order valence-corrected chi connectivity index (χ1v) is 9.24. The fourth-order valence-electron chi connectivity index (χ4n) is 3.83. The Kier molecular flexibility index (Phi) is 5.22. The maximum absolute atomic E-state index is 12.7. The molecule has 1 N–H and O–H groups in total. The molecule has 2 fully saturated rings. The smallest absolute Gasteiger partial charge is 0.226 e. The van der Waals surface area contributed by atoms with E-state index in [0.717, 1.165) is 31.4 Å². The number of hydrogen-bond donors (Lipinski definition) is 1. The number of amides is 2. The lowest BCUT2D eigenvalue weighted by molar-refractivity contribution is -0.138. The number of carbonyl (C=O) groups excluding carboxylic acids is 2. The van der Waals surface area contributed by atoms with Crippen molar-refractivity contribution < 1.29 is 9.59 Å². The number of rotatable bonds is 5. The molecule has 2 amide bonds. The van der Waals surface area contributed by atoms with Gasteiger partial charge in [-0.25, -0.2) is 0 Å². The molecule has 1 aromatic carbocycles. The number of hydrogen-bond acceptors (Lipinski definition) is 2. The summed E-state index contributed by atoms with van der Waals surface area (Å²) in [7, 11) is 0. The van der Waals surface area contributed by atoms with Crippen molar-refractivity contribution in [2.24, 2.45) is 11.8 Å². The molecule has 130 valence electrons. The average Bonchev–Trinajstić information content (AvgIpc) is 3.40. The predicted molar refractivity (Wildman–Crippen MR) is 94.3 cm³/mol. The number of piperidine rings is 1. The standard InChI is InChI=1S/C20H28N2O2/c1-3-16-9-4-5-10-22(16)20(24)18-12-17(18)19(23)21-13-15-8-6-7-14(2)11-15/h6-8,11,16-18H,3-5,9-10,12-13H2,1-2H3,(H,21,23). The third-order valence-electron chi connectivity index (χ3n) is 5.38. The fraction of sp³-hybridized carbons (Fsp3) is 0.600. The lowest BCUT2D eigenvalue weighted by Crippen LogP contribution is -2.44. The first kappa shape index (κ1) is 17.0. The summed E-state index contributed by atoms with van der Waals surface area (Å²) in [5.74, 6) is 0.0218. The predicted octanol–water partition coefficient (Wildman–Crippen LogP) is 3.04. The molecule has 1 aromatic rings. The molecule has 3 unspecified atom stereocenters. The summed E-state index contributed by atoms with van der Waals surface area (Å²) >= 11 is 0. The molecule has 4 heteroatoms. The molecule has 1 aliphatic carbocycles. The van der Waals surface area contributed by atoms with Crippen LogP contribution in [0, 0.1) is 18.8 Å². The van der Waals surface area contributed by atoms with Crippen molar-refractivity contribution in [3.05, 3.63) is 35.4 Å². The van der Waals surface area contributed by atoms with Crippen LogP contribution in [0.4, 0.5) is 0 Å². The highest BCUT2D eigenvalue weighted by atomic mass is 16.2. The van der Waals surface area contributed by atoms with Crippen LogP contribution in [0.15, 0.2) is 24.3 Å². The van der Waals surface area contributed by atoms with E-state index in [1.807, 2.05) is 30.0 Å². The van der Waals surface area contributed by atoms with Crippen molar-refractivity contribution in [2.75, 3.05) is 6.54 Å². The largest absolute Gasteiger partial charge is 0.352 e. The van der Waals surface area contributed by atoms with Crippen LogP contribution >= 0.6 is 0 Å². The van der Waals surface area contributed by atoms with Gasteiger partial charge in [0.05, 0.1) is 11.8 Å². The molecule has 0 radical (unpaired) electrons. The highest BCUT2D eigenvalue weighted by Crippen LogP contribution is 2.41. The summed E-state index contributed by atoms with van der Waals surface area (Å²) in [4.78, 5) is 27.1. The van der Waals surface area contributed by atoms with Crippen LogP contribution in [0.2, 0.25) is 0 Å². The highest BCUT2D eigenvalue weighted by molar-refractivity contribution is 5.92. The number of carbonyl (C=O) groups is 2. The van der Waals surface area contributed by atoms with Gasteiger partial charge in [0, 0.05) is 19.1 Å². The Hall–Kier alpha value is -1.84. The van der Waals surface area contributed by atoms with Gasteiger partial charge in [0.25, 0.3) is 0 Å². The van der Waals surface area contributed by atoms with Crippen molar-refractivity contribution in [3.63, 3.8) is 0 Å². The normalized spacial score (nSPS) is 26.1. The highest BCUT2D eigenvalue weighted by Gasteiger charge is 2.50. The number of aryl methyl sites for hydroxylation is 1. The van der Waals surface area contributed by atoms with Crippen molar-refractivity contribution in [3.8, 4) is 0 Å². The Bertz CT molecular complexity index is 613. The Labute approximate surface area is 144 Å². The lowest BCUT2D eigenvalue weighted by atomic mass is 9.99. The second-order valence-corrected chi connectivity index (χ2v) is 7.25. The molecule has 3 atom stereocenters. The molecule has 24 heavy (non-hydrogen) atoms. The van der Waals surface area contributed by atoms with E-state index in [2.05, 4.69) is 18.3 Å². The van der Waals surface area contributed by atoms with Gasteiger partial charge in [-0.15, -0.1) is 0 Å². The van der Waals surface area contributed by atoms with Gasteiger partial charge in [0.15, 0.2) is 0 Å². The number of likely N-dealkylation sites (tertiary alicyclic amines) is 1. The average molecular weight is 328 g/mol. The van der Waals surface area contributed by atoms with Gasteiger partial charge in [-0.2, -0.15) is 0 Å². The van der Waals surface area contributed by atoms with Gasteiger partial charge in [0.2, 0.25) is 11.8 Å². The fourth-order valence-corrected chi connectivity index (χ4v) is 3.83. The van der Waals surface area contributed by atoms with Gasteiger partial charge in [-0.3, -0.25) is 9.59 Å². The molecule has 1 aliphatic heterocycles. The molecule has 2 aliphatic rings. The molecule has 0 aromatic heterocycles. The molecule has 1 saturated carbocycles. The van der Waals surface area contributed by atoms with Crippen molar-refractivity contribution in [1.82, 2.24) is 10.2 Å². The van der Waals surface area contributed by atoms with E-state index in [0.29, 0.717) is 19.0 Å².